The van der Waals surface area contributed by atoms with Crippen molar-refractivity contribution in [2.24, 2.45) is 0 Å². The van der Waals surface area contributed by atoms with Crippen LogP contribution in [0.2, 0.25) is 0 Å². The molecule has 0 bridgehead atoms. The lowest BCUT2D eigenvalue weighted by molar-refractivity contribution is -0.113. The highest BCUT2D eigenvalue weighted by atomic mass is 32.2. The maximum atomic E-state index is 12.4. The van der Waals surface area contributed by atoms with E-state index < -0.39 is 0 Å². The second-order valence-electron chi connectivity index (χ2n) is 6.86. The minimum absolute atomic E-state index is 0.0776. The first-order chi connectivity index (χ1) is 14.7. The van der Waals surface area contributed by atoms with Crippen LogP contribution in [0.3, 0.4) is 0 Å². The number of hydrogen-bond donors (Lipinski definition) is 2. The Morgan fingerprint density at radius 3 is 2.93 bits per heavy atom. The second-order valence-corrected chi connectivity index (χ2v) is 9.06. The van der Waals surface area contributed by atoms with E-state index in [0.29, 0.717) is 17.8 Å². The molecule has 0 unspecified atom stereocenters. The highest BCUT2D eigenvalue weighted by Crippen LogP contribution is 2.33. The van der Waals surface area contributed by atoms with Crippen LogP contribution in [0.5, 0.6) is 5.75 Å². The molecule has 2 heterocycles. The first-order valence-electron chi connectivity index (χ1n) is 10.0. The quantitative estimate of drug-likeness (QED) is 0.461. The molecule has 0 radical (unpaired) electrons. The number of aromatic nitrogens is 4. The van der Waals surface area contributed by atoms with E-state index in [1.165, 1.54) is 35.9 Å². The van der Waals surface area contributed by atoms with Crippen LogP contribution in [0.15, 0.2) is 40.9 Å². The summed E-state index contributed by atoms with van der Waals surface area (Å²) < 4.78 is 8.29. The van der Waals surface area contributed by atoms with E-state index in [0.717, 1.165) is 34.4 Å². The van der Waals surface area contributed by atoms with Gasteiger partial charge in [-0.05, 0) is 31.9 Å². The Bertz CT molecular complexity index is 983. The highest BCUT2D eigenvalue weighted by Gasteiger charge is 2.20. The van der Waals surface area contributed by atoms with Crippen LogP contribution in [-0.4, -0.2) is 38.2 Å². The van der Waals surface area contributed by atoms with Gasteiger partial charge in [0, 0.05) is 6.07 Å². The predicted octanol–water partition coefficient (Wildman–Crippen LogP) is 4.72. The molecule has 1 aromatic carbocycles. The summed E-state index contributed by atoms with van der Waals surface area (Å²) in [6, 6.07) is 9.93. The van der Waals surface area contributed by atoms with Crippen LogP contribution in [0.4, 0.5) is 16.6 Å². The summed E-state index contributed by atoms with van der Waals surface area (Å²) in [6.45, 7) is 2.53. The van der Waals surface area contributed by atoms with Gasteiger partial charge in [0.25, 0.3) is 0 Å². The molecule has 0 atom stereocenters. The van der Waals surface area contributed by atoms with Crippen LogP contribution in [0.1, 0.15) is 38.6 Å². The average molecular weight is 445 g/mol. The van der Waals surface area contributed by atoms with Gasteiger partial charge in [0.1, 0.15) is 11.6 Å². The zero-order valence-electron chi connectivity index (χ0n) is 16.7. The predicted molar refractivity (Wildman–Crippen MR) is 120 cm³/mol. The molecule has 0 saturated heterocycles. The van der Waals surface area contributed by atoms with Gasteiger partial charge in [-0.15, -0.1) is 10.2 Å². The molecule has 10 heteroatoms. The molecule has 1 saturated carbocycles. The Morgan fingerprint density at radius 1 is 1.27 bits per heavy atom. The smallest absolute Gasteiger partial charge is 0.235 e. The van der Waals surface area contributed by atoms with Crippen molar-refractivity contribution in [1.29, 1.82) is 0 Å². The fraction of sp³-hybridized carbons (Fsp3) is 0.400. The number of benzene rings is 1. The van der Waals surface area contributed by atoms with Crippen LogP contribution in [0.25, 0.3) is 0 Å². The standard InChI is InChI=1S/C20H24N6O2S2/c1-2-28-16-10-6-5-9-15(16)22-19-24-25-20(30-19)29-13-18(27)23-17-11-12-21-26(17)14-7-3-4-8-14/h5-6,9-12,14H,2-4,7-8,13H2,1H3,(H,22,24)(H,23,27). The van der Waals surface area contributed by atoms with Gasteiger partial charge in [-0.2, -0.15) is 5.10 Å². The van der Waals surface area contributed by atoms with Gasteiger partial charge >= 0.3 is 0 Å². The molecular formula is C20H24N6O2S2. The van der Waals surface area contributed by atoms with Gasteiger partial charge in [-0.25, -0.2) is 4.68 Å². The van der Waals surface area contributed by atoms with E-state index in [1.807, 2.05) is 41.9 Å². The van der Waals surface area contributed by atoms with Crippen LogP contribution < -0.4 is 15.4 Å². The molecule has 1 fully saturated rings. The van der Waals surface area contributed by atoms with Gasteiger partial charge in [0.05, 0.1) is 30.3 Å². The van der Waals surface area contributed by atoms with Crippen molar-refractivity contribution in [2.45, 2.75) is 43.0 Å². The molecule has 8 nitrogen and oxygen atoms in total. The molecule has 1 aliphatic carbocycles. The number of anilines is 3. The summed E-state index contributed by atoms with van der Waals surface area (Å²) in [5, 5.41) is 19.6. The maximum Gasteiger partial charge on any atom is 0.235 e. The van der Waals surface area contributed by atoms with E-state index in [2.05, 4.69) is 25.9 Å². The van der Waals surface area contributed by atoms with Crippen molar-refractivity contribution in [2.75, 3.05) is 23.0 Å². The molecule has 1 amide bonds. The van der Waals surface area contributed by atoms with Crippen LogP contribution in [0, 0.1) is 0 Å². The first kappa shape index (κ1) is 20.7. The molecule has 0 aliphatic heterocycles. The zero-order valence-corrected chi connectivity index (χ0v) is 18.3. The molecule has 3 aromatic rings. The van der Waals surface area contributed by atoms with Crippen molar-refractivity contribution >= 4 is 45.6 Å². The summed E-state index contributed by atoms with van der Waals surface area (Å²) in [5.74, 6) is 1.72. The minimum Gasteiger partial charge on any atom is -0.492 e. The molecular weight excluding hydrogens is 420 g/mol. The zero-order chi connectivity index (χ0) is 20.8. The fourth-order valence-electron chi connectivity index (χ4n) is 3.44. The third kappa shape index (κ3) is 5.11. The van der Waals surface area contributed by atoms with Gasteiger partial charge in [-0.1, -0.05) is 48.1 Å². The van der Waals surface area contributed by atoms with E-state index in [9.17, 15) is 4.79 Å². The number of thioether (sulfide) groups is 1. The molecule has 2 N–H and O–H groups in total. The van der Waals surface area contributed by atoms with E-state index in [4.69, 9.17) is 4.74 Å². The van der Waals surface area contributed by atoms with E-state index in [-0.39, 0.29) is 11.7 Å². The lowest BCUT2D eigenvalue weighted by atomic mass is 10.2. The van der Waals surface area contributed by atoms with Gasteiger partial charge in [0.2, 0.25) is 11.0 Å². The lowest BCUT2D eigenvalue weighted by Crippen LogP contribution is -2.19. The second kappa shape index (κ2) is 9.94. The largest absolute Gasteiger partial charge is 0.492 e. The maximum absolute atomic E-state index is 12.4. The Labute approximate surface area is 183 Å². The Hall–Kier alpha value is -2.59. The molecule has 0 spiro atoms. The molecule has 2 aromatic heterocycles. The summed E-state index contributed by atoms with van der Waals surface area (Å²) in [5.41, 5.74) is 0.838. The number of ether oxygens (including phenoxy) is 1. The third-order valence-corrected chi connectivity index (χ3v) is 6.74. The van der Waals surface area contributed by atoms with E-state index >= 15 is 0 Å². The van der Waals surface area contributed by atoms with Crippen molar-refractivity contribution in [3.63, 3.8) is 0 Å². The van der Waals surface area contributed by atoms with Crippen molar-refractivity contribution in [1.82, 2.24) is 20.0 Å². The van der Waals surface area contributed by atoms with Crippen molar-refractivity contribution < 1.29 is 9.53 Å². The fourth-order valence-corrected chi connectivity index (χ4v) is 5.01. The van der Waals surface area contributed by atoms with Crippen LogP contribution >= 0.6 is 23.1 Å². The van der Waals surface area contributed by atoms with Gasteiger partial charge < -0.3 is 15.4 Å². The van der Waals surface area contributed by atoms with Gasteiger partial charge in [0.15, 0.2) is 4.34 Å². The monoisotopic (exact) mass is 444 g/mol. The number of carbonyl (C=O) groups is 1. The Balaban J connectivity index is 1.31. The number of rotatable bonds is 9. The van der Waals surface area contributed by atoms with Crippen molar-refractivity contribution in [3.05, 3.63) is 36.5 Å². The van der Waals surface area contributed by atoms with Crippen LogP contribution in [-0.2, 0) is 4.79 Å². The molecule has 30 heavy (non-hydrogen) atoms. The number of amides is 1. The summed E-state index contributed by atoms with van der Waals surface area (Å²) in [6.07, 6.45) is 6.41. The number of nitrogens with zero attached hydrogens (tertiary/aromatic N) is 4. The topological polar surface area (TPSA) is 94.0 Å². The number of hydrogen-bond acceptors (Lipinski definition) is 8. The van der Waals surface area contributed by atoms with E-state index in [1.54, 1.807) is 6.20 Å². The third-order valence-electron chi connectivity index (χ3n) is 4.77. The summed E-state index contributed by atoms with van der Waals surface area (Å²) in [7, 11) is 0. The number of nitrogens with one attached hydrogen (secondary N) is 2. The molecule has 158 valence electrons. The van der Waals surface area contributed by atoms with Gasteiger partial charge in [-0.3, -0.25) is 4.79 Å². The lowest BCUT2D eigenvalue weighted by Gasteiger charge is -2.14. The average Bonchev–Trinajstić information content (AvgIpc) is 3.50. The summed E-state index contributed by atoms with van der Waals surface area (Å²) in [4.78, 5) is 12.4. The minimum atomic E-state index is -0.0776. The first-order valence-corrected chi connectivity index (χ1v) is 11.8. The molecule has 1 aliphatic rings. The number of carbonyl (C=O) groups excluding carboxylic acids is 1. The molecule has 4 rings (SSSR count). The summed E-state index contributed by atoms with van der Waals surface area (Å²) >= 11 is 2.77. The Kier molecular flexibility index (Phi) is 6.85. The SMILES string of the molecule is CCOc1ccccc1Nc1nnc(SCC(=O)Nc2ccnn2C2CCCC2)s1. The highest BCUT2D eigenvalue weighted by molar-refractivity contribution is 8.01. The number of para-hydroxylation sites is 2. The van der Waals surface area contributed by atoms with Crippen molar-refractivity contribution in [3.8, 4) is 5.75 Å². The normalized spacial score (nSPS) is 14.0. The Morgan fingerprint density at radius 2 is 2.10 bits per heavy atom.